The van der Waals surface area contributed by atoms with Gasteiger partial charge in [-0.05, 0) is 24.1 Å². The van der Waals surface area contributed by atoms with E-state index in [-0.39, 0.29) is 0 Å². The summed E-state index contributed by atoms with van der Waals surface area (Å²) < 4.78 is 0.809. The number of nitrogens with zero attached hydrogens (tertiary/aromatic N) is 1. The summed E-state index contributed by atoms with van der Waals surface area (Å²) >= 11 is 9.01. The van der Waals surface area contributed by atoms with Crippen LogP contribution in [0.4, 0.5) is 0 Å². The summed E-state index contributed by atoms with van der Waals surface area (Å²) in [7, 11) is 0. The molecular weight excluding hydrogens is 265 g/mol. The maximum Gasteiger partial charge on any atom is 0.138 e. The lowest BCUT2D eigenvalue weighted by molar-refractivity contribution is -0.107. The first-order valence-corrected chi connectivity index (χ1v) is 5.18. The van der Waals surface area contributed by atoms with E-state index in [9.17, 15) is 4.79 Å². The molecule has 0 bridgehead atoms. The number of benzene rings is 1. The van der Waals surface area contributed by atoms with E-state index >= 15 is 0 Å². The van der Waals surface area contributed by atoms with Crippen molar-refractivity contribution in [2.45, 2.75) is 11.8 Å². The molecule has 1 atom stereocenters. The molecule has 0 fully saturated rings. The average Bonchev–Trinajstić information content (AvgIpc) is 2.20. The number of nitriles is 1. The smallest absolute Gasteiger partial charge is 0.138 e. The predicted molar refractivity (Wildman–Crippen MR) is 58.3 cm³/mol. The highest BCUT2D eigenvalue weighted by atomic mass is 79.9. The quantitative estimate of drug-likeness (QED) is 0.627. The van der Waals surface area contributed by atoms with Crippen molar-refractivity contribution in [3.05, 3.63) is 33.8 Å². The summed E-state index contributed by atoms with van der Waals surface area (Å²) in [5, 5.41) is 8.11. The minimum Gasteiger partial charge on any atom is -0.302 e. The van der Waals surface area contributed by atoms with Gasteiger partial charge in [0.15, 0.2) is 0 Å². The summed E-state index contributed by atoms with van der Waals surface area (Å²) in [5.41, 5.74) is 1.51. The Morgan fingerprint density at radius 2 is 2.36 bits per heavy atom. The topological polar surface area (TPSA) is 40.9 Å². The Bertz CT molecular complexity index is 386. The van der Waals surface area contributed by atoms with E-state index in [1.165, 1.54) is 0 Å². The summed E-state index contributed by atoms with van der Waals surface area (Å²) in [5.74, 6) is 0. The van der Waals surface area contributed by atoms with Crippen molar-refractivity contribution in [3.8, 4) is 6.07 Å². The molecule has 0 aliphatic rings. The number of hydrogen-bond acceptors (Lipinski definition) is 2. The molecule has 0 aromatic heterocycles. The second-order valence-corrected chi connectivity index (χ2v) is 4.19. The van der Waals surface area contributed by atoms with Crippen molar-refractivity contribution in [3.63, 3.8) is 0 Å². The lowest BCUT2D eigenvalue weighted by Gasteiger charge is -2.05. The van der Waals surface area contributed by atoms with Crippen LogP contribution in [0.25, 0.3) is 0 Å². The Morgan fingerprint density at radius 1 is 1.64 bits per heavy atom. The molecule has 0 aliphatic carbocycles. The fraction of sp³-hybridized carbons (Fsp3) is 0.200. The molecule has 0 radical (unpaired) electrons. The highest BCUT2D eigenvalue weighted by Crippen LogP contribution is 2.20. The van der Waals surface area contributed by atoms with E-state index in [1.807, 2.05) is 6.07 Å². The number of rotatable bonds is 3. The first-order valence-electron chi connectivity index (χ1n) is 3.95. The Kier molecular flexibility index (Phi) is 4.12. The second-order valence-electron chi connectivity index (χ2n) is 2.77. The van der Waals surface area contributed by atoms with Crippen LogP contribution in [0.3, 0.4) is 0 Å². The Morgan fingerprint density at radius 3 is 2.86 bits per heavy atom. The van der Waals surface area contributed by atoms with Crippen LogP contribution in [0.1, 0.15) is 11.1 Å². The van der Waals surface area contributed by atoms with Crippen LogP contribution in [0, 0.1) is 11.3 Å². The van der Waals surface area contributed by atoms with Gasteiger partial charge >= 0.3 is 0 Å². The van der Waals surface area contributed by atoms with E-state index in [2.05, 4.69) is 15.9 Å². The fourth-order valence-corrected chi connectivity index (χ4v) is 1.75. The van der Waals surface area contributed by atoms with Gasteiger partial charge in [-0.3, -0.25) is 0 Å². The molecule has 1 aromatic carbocycles. The molecule has 72 valence electrons. The van der Waals surface area contributed by atoms with E-state index in [4.69, 9.17) is 16.9 Å². The number of halogens is 2. The number of carbonyl (C=O) groups excluding carboxylic acids is 1. The van der Waals surface area contributed by atoms with Crippen LogP contribution in [-0.4, -0.2) is 11.7 Å². The Hall–Kier alpha value is -0.850. The normalized spacial score (nSPS) is 11.8. The molecule has 0 aliphatic heterocycles. The van der Waals surface area contributed by atoms with Crippen LogP contribution in [-0.2, 0) is 11.2 Å². The number of carbonyl (C=O) groups is 1. The molecule has 0 N–H and O–H groups in total. The zero-order valence-electron chi connectivity index (χ0n) is 7.21. The van der Waals surface area contributed by atoms with E-state index in [0.29, 0.717) is 18.3 Å². The summed E-state index contributed by atoms with van der Waals surface area (Å²) in [4.78, 5) is 10.3. The third-order valence-corrected chi connectivity index (χ3v) is 2.74. The lowest BCUT2D eigenvalue weighted by Crippen LogP contribution is -2.04. The van der Waals surface area contributed by atoms with Gasteiger partial charge in [-0.15, -0.1) is 11.6 Å². The molecule has 0 amide bonds. The van der Waals surface area contributed by atoms with Gasteiger partial charge in [0.25, 0.3) is 0 Å². The zero-order valence-corrected chi connectivity index (χ0v) is 9.55. The van der Waals surface area contributed by atoms with Crippen molar-refractivity contribution in [1.29, 1.82) is 5.26 Å². The van der Waals surface area contributed by atoms with E-state index < -0.39 is 5.38 Å². The highest BCUT2D eigenvalue weighted by Gasteiger charge is 2.07. The minimum absolute atomic E-state index is 0.470. The van der Waals surface area contributed by atoms with Crippen LogP contribution in [0.2, 0.25) is 0 Å². The Balaban J connectivity index is 2.90. The average molecular weight is 273 g/mol. The van der Waals surface area contributed by atoms with Gasteiger partial charge in [0.2, 0.25) is 0 Å². The second kappa shape index (κ2) is 5.14. The zero-order chi connectivity index (χ0) is 10.6. The van der Waals surface area contributed by atoms with Crippen molar-refractivity contribution in [1.82, 2.24) is 0 Å². The summed E-state index contributed by atoms with van der Waals surface area (Å²) in [6, 6.07) is 7.24. The van der Waals surface area contributed by atoms with Crippen molar-refractivity contribution < 1.29 is 4.79 Å². The molecule has 1 aromatic rings. The van der Waals surface area contributed by atoms with Crippen LogP contribution >= 0.6 is 27.5 Å². The van der Waals surface area contributed by atoms with Gasteiger partial charge in [0.05, 0.1) is 17.0 Å². The molecular formula is C10H7BrClNO. The fourth-order valence-electron chi connectivity index (χ4n) is 1.04. The van der Waals surface area contributed by atoms with Gasteiger partial charge in [0, 0.05) is 4.47 Å². The van der Waals surface area contributed by atoms with Crippen LogP contribution in [0.15, 0.2) is 22.7 Å². The lowest BCUT2D eigenvalue weighted by atomic mass is 10.1. The Labute approximate surface area is 95.6 Å². The van der Waals surface area contributed by atoms with Crippen LogP contribution in [0.5, 0.6) is 0 Å². The standard InChI is InChI=1S/C10H7BrClNO/c11-10-3-7(5-13)1-2-8(10)4-9(12)6-14/h1-3,6,9H,4H2. The summed E-state index contributed by atoms with van der Waals surface area (Å²) in [6.45, 7) is 0. The molecule has 1 unspecified atom stereocenters. The maximum absolute atomic E-state index is 10.3. The molecule has 4 heteroatoms. The third-order valence-electron chi connectivity index (χ3n) is 1.74. The third kappa shape index (κ3) is 2.83. The van der Waals surface area contributed by atoms with Gasteiger partial charge in [-0.25, -0.2) is 0 Å². The minimum atomic E-state index is -0.515. The first kappa shape index (κ1) is 11.2. The largest absolute Gasteiger partial charge is 0.302 e. The van der Waals surface area contributed by atoms with E-state index in [0.717, 1.165) is 10.0 Å². The molecule has 0 saturated heterocycles. The van der Waals surface area contributed by atoms with Gasteiger partial charge in [0.1, 0.15) is 6.29 Å². The van der Waals surface area contributed by atoms with Crippen molar-refractivity contribution >= 4 is 33.8 Å². The molecule has 14 heavy (non-hydrogen) atoms. The number of hydrogen-bond donors (Lipinski definition) is 0. The van der Waals surface area contributed by atoms with Gasteiger partial charge in [-0.2, -0.15) is 5.26 Å². The van der Waals surface area contributed by atoms with Crippen molar-refractivity contribution in [2.75, 3.05) is 0 Å². The summed E-state index contributed by atoms with van der Waals surface area (Å²) in [6.07, 6.45) is 1.17. The maximum atomic E-state index is 10.3. The van der Waals surface area contributed by atoms with Gasteiger partial charge < -0.3 is 4.79 Å². The van der Waals surface area contributed by atoms with Crippen molar-refractivity contribution in [2.24, 2.45) is 0 Å². The van der Waals surface area contributed by atoms with Crippen LogP contribution < -0.4 is 0 Å². The van der Waals surface area contributed by atoms with E-state index in [1.54, 1.807) is 18.2 Å². The highest BCUT2D eigenvalue weighted by molar-refractivity contribution is 9.10. The molecule has 1 rings (SSSR count). The molecule has 0 heterocycles. The first-order chi connectivity index (χ1) is 6.67. The van der Waals surface area contributed by atoms with Gasteiger partial charge in [-0.1, -0.05) is 22.0 Å². The number of aldehydes is 1. The molecule has 0 spiro atoms. The predicted octanol–water partition coefficient (Wildman–Crippen LogP) is 2.67. The number of alkyl halides is 1. The molecule has 2 nitrogen and oxygen atoms in total. The monoisotopic (exact) mass is 271 g/mol. The SMILES string of the molecule is N#Cc1ccc(CC(Cl)C=O)c(Br)c1. The molecule has 0 saturated carbocycles.